The Kier molecular flexibility index (Phi) is 6.92. The van der Waals surface area contributed by atoms with Crippen LogP contribution in [0.15, 0.2) is 82.6 Å². The number of fused-ring (bicyclic) bond motifs is 9. The molecule has 2 N–H and O–H groups in total. The first-order chi connectivity index (χ1) is 21.8. The number of carbonyl (C=O) groups excluding carboxylic acids is 3. The monoisotopic (exact) mass is 657 g/mol. The molecule has 2 bridgehead atoms. The van der Waals surface area contributed by atoms with Gasteiger partial charge in [0.25, 0.3) is 5.91 Å². The number of anilines is 2. The number of benzene rings is 3. The van der Waals surface area contributed by atoms with Crippen molar-refractivity contribution in [2.45, 2.75) is 29.5 Å². The van der Waals surface area contributed by atoms with E-state index in [0.29, 0.717) is 22.1 Å². The van der Waals surface area contributed by atoms with Gasteiger partial charge in [-0.15, -0.1) is 11.8 Å². The summed E-state index contributed by atoms with van der Waals surface area (Å²) in [4.78, 5) is 58.3. The number of aromatic nitrogens is 1. The lowest BCUT2D eigenvalue weighted by Gasteiger charge is -2.43. The topological polar surface area (TPSA) is 109 Å². The molecule has 3 fully saturated rings. The van der Waals surface area contributed by atoms with Gasteiger partial charge in [0.15, 0.2) is 6.61 Å². The number of aryl methyl sites for hydroxylation is 1. The quantitative estimate of drug-likeness (QED) is 0.243. The van der Waals surface area contributed by atoms with E-state index in [1.165, 1.54) is 16.2 Å². The van der Waals surface area contributed by atoms with Crippen molar-refractivity contribution in [3.63, 3.8) is 0 Å². The number of halogens is 1. The van der Waals surface area contributed by atoms with Crippen molar-refractivity contribution in [3.8, 4) is 5.75 Å². The smallest absolute Gasteiger partial charge is 0.305 e. The van der Waals surface area contributed by atoms with Crippen LogP contribution in [0, 0.1) is 36.5 Å². The number of hydrogen-bond donors (Lipinski definition) is 2. The van der Waals surface area contributed by atoms with Gasteiger partial charge in [0.1, 0.15) is 5.75 Å². The number of H-pyrrole nitrogens is 1. The number of rotatable bonds is 6. The number of thiazole rings is 1. The van der Waals surface area contributed by atoms with Gasteiger partial charge in [0, 0.05) is 26.8 Å². The number of nitrogens with one attached hydrogen (secondary N) is 2. The van der Waals surface area contributed by atoms with Gasteiger partial charge < -0.3 is 15.0 Å². The molecule has 2 aliphatic heterocycles. The van der Waals surface area contributed by atoms with E-state index in [1.807, 2.05) is 55.5 Å². The van der Waals surface area contributed by atoms with Crippen molar-refractivity contribution in [3.05, 3.63) is 103 Å². The van der Waals surface area contributed by atoms with Gasteiger partial charge in [-0.3, -0.25) is 24.1 Å². The summed E-state index contributed by atoms with van der Waals surface area (Å²) in [6.45, 7) is 1.80. The Bertz CT molecular complexity index is 1910. The van der Waals surface area contributed by atoms with Gasteiger partial charge in [0.05, 0.1) is 22.5 Å². The highest BCUT2D eigenvalue weighted by atomic mass is 35.5. The Morgan fingerprint density at radius 1 is 1.00 bits per heavy atom. The minimum atomic E-state index is -0.374. The minimum Gasteiger partial charge on any atom is -0.484 e. The molecule has 7 atom stereocenters. The standard InChI is InChI=1S/C34H28ClN3O5S2/c1-16-5-11-20(12-6-16)38-32(40)27-22-14-23(28(27)33(38)41)29-26(22)25(30-31(44-29)37-34(42)45-30)17-3-2-4-21(13-17)43-15-24(39)36-19-9-7-18(35)8-10-19/h2-13,22-23,25-29H,14-15H2,1H3,(H,36,39)(H,37,42)/t22-,23-,25-,26?,27?,28?,29?/m1/s1. The average molecular weight is 658 g/mol. The average Bonchev–Trinajstić information content (AvgIpc) is 3.77. The van der Waals surface area contributed by atoms with E-state index in [2.05, 4.69) is 10.3 Å². The molecule has 1 saturated heterocycles. The summed E-state index contributed by atoms with van der Waals surface area (Å²) in [5.74, 6) is -0.727. The number of imide groups is 1. The van der Waals surface area contributed by atoms with Crippen molar-refractivity contribution in [2.24, 2.45) is 29.6 Å². The molecule has 11 heteroatoms. The molecule has 3 aromatic carbocycles. The summed E-state index contributed by atoms with van der Waals surface area (Å²) >= 11 is 8.82. The Morgan fingerprint density at radius 3 is 2.49 bits per heavy atom. The van der Waals surface area contributed by atoms with Gasteiger partial charge in [-0.2, -0.15) is 0 Å². The molecule has 45 heavy (non-hydrogen) atoms. The maximum Gasteiger partial charge on any atom is 0.305 e. The molecule has 0 spiro atoms. The summed E-state index contributed by atoms with van der Waals surface area (Å²) in [5, 5.41) is 4.32. The van der Waals surface area contributed by atoms with Crippen LogP contribution in [0.1, 0.15) is 28.3 Å². The summed E-state index contributed by atoms with van der Waals surface area (Å²) in [7, 11) is 0. The number of thioether (sulfide) groups is 1. The Balaban J connectivity index is 1.08. The molecule has 8 rings (SSSR count). The Morgan fingerprint density at radius 2 is 1.73 bits per heavy atom. The number of aromatic amines is 1. The highest BCUT2D eigenvalue weighted by molar-refractivity contribution is 8.00. The summed E-state index contributed by atoms with van der Waals surface area (Å²) in [5.41, 5.74) is 3.29. The normalized spacial score (nSPS) is 27.7. The first-order valence-electron chi connectivity index (χ1n) is 14.9. The lowest BCUT2D eigenvalue weighted by atomic mass is 9.68. The van der Waals surface area contributed by atoms with Gasteiger partial charge in [0.2, 0.25) is 11.8 Å². The molecule has 0 radical (unpaired) electrons. The lowest BCUT2D eigenvalue weighted by molar-refractivity contribution is -0.123. The van der Waals surface area contributed by atoms with Crippen LogP contribution in [0.2, 0.25) is 5.02 Å². The number of nitrogens with zero attached hydrogens (tertiary/aromatic N) is 1. The fraction of sp³-hybridized carbons (Fsp3) is 0.294. The zero-order valence-corrected chi connectivity index (χ0v) is 26.5. The van der Waals surface area contributed by atoms with Crippen molar-refractivity contribution >= 4 is 63.8 Å². The summed E-state index contributed by atoms with van der Waals surface area (Å²) in [6, 6.07) is 22.1. The van der Waals surface area contributed by atoms with Gasteiger partial charge in [-0.1, -0.05) is 52.8 Å². The Labute approximate surface area is 272 Å². The van der Waals surface area contributed by atoms with Crippen molar-refractivity contribution in [2.75, 3.05) is 16.8 Å². The second-order valence-electron chi connectivity index (χ2n) is 12.2. The molecule has 4 aliphatic rings. The first-order valence-corrected chi connectivity index (χ1v) is 17.0. The second kappa shape index (κ2) is 10.9. The van der Waals surface area contributed by atoms with Gasteiger partial charge in [-0.25, -0.2) is 0 Å². The zero-order chi connectivity index (χ0) is 31.0. The fourth-order valence-corrected chi connectivity index (χ4v) is 11.0. The maximum absolute atomic E-state index is 14.0. The van der Waals surface area contributed by atoms with Gasteiger partial charge in [-0.05, 0) is 85.2 Å². The van der Waals surface area contributed by atoms with Crippen LogP contribution < -0.4 is 19.8 Å². The first kappa shape index (κ1) is 28.6. The molecular weight excluding hydrogens is 630 g/mol. The molecule has 3 amide bonds. The summed E-state index contributed by atoms with van der Waals surface area (Å²) in [6.07, 6.45) is 0.813. The van der Waals surface area contributed by atoms with Crippen molar-refractivity contribution < 1.29 is 19.1 Å². The third-order valence-corrected chi connectivity index (χ3v) is 12.6. The molecule has 4 aromatic rings. The third kappa shape index (κ3) is 4.73. The summed E-state index contributed by atoms with van der Waals surface area (Å²) < 4.78 is 5.92. The number of carbonyl (C=O) groups is 3. The van der Waals surface area contributed by atoms with Crippen LogP contribution in [0.25, 0.3) is 0 Å². The van der Waals surface area contributed by atoms with E-state index >= 15 is 0 Å². The fourth-order valence-electron chi connectivity index (χ4n) is 8.02. The molecule has 2 saturated carbocycles. The Hall–Kier alpha value is -3.86. The molecule has 2 aliphatic carbocycles. The number of amides is 3. The molecular formula is C34H28ClN3O5S2. The van der Waals surface area contributed by atoms with Crippen LogP contribution >= 0.6 is 34.7 Å². The van der Waals surface area contributed by atoms with Crippen LogP contribution in [-0.2, 0) is 14.4 Å². The van der Waals surface area contributed by atoms with E-state index in [1.54, 1.807) is 36.0 Å². The predicted octanol–water partition coefficient (Wildman–Crippen LogP) is 6.09. The number of ether oxygens (including phenoxy) is 1. The molecule has 8 nitrogen and oxygen atoms in total. The largest absolute Gasteiger partial charge is 0.484 e. The van der Waals surface area contributed by atoms with Gasteiger partial charge >= 0.3 is 4.87 Å². The lowest BCUT2D eigenvalue weighted by Crippen LogP contribution is -2.42. The van der Waals surface area contributed by atoms with Crippen LogP contribution in [0.4, 0.5) is 11.4 Å². The molecule has 1 aromatic heterocycles. The number of hydrogen-bond acceptors (Lipinski definition) is 7. The van der Waals surface area contributed by atoms with Crippen molar-refractivity contribution in [1.82, 2.24) is 4.98 Å². The zero-order valence-electron chi connectivity index (χ0n) is 24.1. The van der Waals surface area contributed by atoms with Crippen molar-refractivity contribution in [1.29, 1.82) is 0 Å². The predicted molar refractivity (Wildman–Crippen MR) is 174 cm³/mol. The van der Waals surface area contributed by atoms with Crippen LogP contribution in [0.5, 0.6) is 5.75 Å². The van der Waals surface area contributed by atoms with E-state index < -0.39 is 0 Å². The minimum absolute atomic E-state index is 0.00878. The second-order valence-corrected chi connectivity index (χ2v) is 14.9. The highest BCUT2D eigenvalue weighted by Gasteiger charge is 2.69. The van der Waals surface area contributed by atoms with E-state index in [4.69, 9.17) is 16.3 Å². The van der Waals surface area contributed by atoms with Crippen LogP contribution in [-0.4, -0.2) is 34.6 Å². The highest BCUT2D eigenvalue weighted by Crippen LogP contribution is 2.68. The molecule has 3 heterocycles. The molecule has 228 valence electrons. The van der Waals surface area contributed by atoms with E-state index in [-0.39, 0.29) is 70.0 Å². The SMILES string of the molecule is Cc1ccc(N2C(=O)C3C(C2=O)[C@@H]2C[C@H]3C3Sc4[nH]c(=O)sc4[C@H](c4cccc(OCC(=O)Nc5ccc(Cl)cc5)c4)C32)cc1. The maximum atomic E-state index is 14.0. The van der Waals surface area contributed by atoms with E-state index in [9.17, 15) is 19.2 Å². The van der Waals surface area contributed by atoms with E-state index in [0.717, 1.165) is 27.5 Å². The van der Waals surface area contributed by atoms with Crippen LogP contribution in [0.3, 0.4) is 0 Å². The molecule has 4 unspecified atom stereocenters. The third-order valence-electron chi connectivity index (χ3n) is 9.73.